The number of halogens is 1. The minimum Gasteiger partial charge on any atom is -0.354 e. The molecule has 4 heteroatoms. The van der Waals surface area contributed by atoms with E-state index in [-0.39, 0.29) is 11.5 Å². The second-order valence-corrected chi connectivity index (χ2v) is 4.01. The van der Waals surface area contributed by atoms with Crippen molar-refractivity contribution in [1.82, 2.24) is 9.88 Å². The molecule has 0 spiro atoms. The van der Waals surface area contributed by atoms with Crippen molar-refractivity contribution in [3.05, 3.63) is 60.2 Å². The molecule has 0 bridgehead atoms. The second kappa shape index (κ2) is 6.00. The first kappa shape index (κ1) is 12.4. The number of hydrogen-bond donors (Lipinski definition) is 1. The van der Waals surface area contributed by atoms with Crippen LogP contribution in [0.15, 0.2) is 48.8 Å². The lowest BCUT2D eigenvalue weighted by Crippen LogP contribution is -2.26. The Morgan fingerprint density at radius 3 is 2.61 bits per heavy atom. The Morgan fingerprint density at radius 2 is 1.89 bits per heavy atom. The average molecular weight is 246 g/mol. The maximum Gasteiger partial charge on any atom is 0.254 e. The molecule has 1 aromatic carbocycles. The van der Waals surface area contributed by atoms with Crippen LogP contribution in [0.25, 0.3) is 0 Å². The molecule has 2 aromatic rings. The molecule has 1 N–H and O–H groups in total. The van der Waals surface area contributed by atoms with E-state index in [1.807, 2.05) is 29.1 Å². The van der Waals surface area contributed by atoms with Crippen LogP contribution in [0.5, 0.6) is 0 Å². The third kappa shape index (κ3) is 3.20. The van der Waals surface area contributed by atoms with Gasteiger partial charge in [0.1, 0.15) is 5.82 Å². The zero-order valence-corrected chi connectivity index (χ0v) is 9.97. The van der Waals surface area contributed by atoms with E-state index >= 15 is 0 Å². The lowest BCUT2D eigenvalue weighted by Gasteiger charge is -2.06. The summed E-state index contributed by atoms with van der Waals surface area (Å²) in [5, 5.41) is 2.71. The van der Waals surface area contributed by atoms with Crippen molar-refractivity contribution in [1.29, 1.82) is 0 Å². The summed E-state index contributed by atoms with van der Waals surface area (Å²) >= 11 is 0. The first-order chi connectivity index (χ1) is 8.77. The average Bonchev–Trinajstić information content (AvgIpc) is 2.88. The fourth-order valence-electron chi connectivity index (χ4n) is 1.72. The highest BCUT2D eigenvalue weighted by atomic mass is 19.1. The second-order valence-electron chi connectivity index (χ2n) is 4.01. The van der Waals surface area contributed by atoms with E-state index in [9.17, 15) is 9.18 Å². The largest absolute Gasteiger partial charge is 0.354 e. The van der Waals surface area contributed by atoms with Crippen LogP contribution >= 0.6 is 0 Å². The minimum atomic E-state index is -0.486. The first-order valence-corrected chi connectivity index (χ1v) is 5.91. The standard InChI is InChI=1S/C14H15FN2O/c15-13-7-2-1-6-12(13)14(18)16-8-5-11-17-9-3-4-10-17/h1-4,6-7,9-10H,5,8,11H2,(H,16,18). The Labute approximate surface area is 105 Å². The summed E-state index contributed by atoms with van der Waals surface area (Å²) in [7, 11) is 0. The lowest BCUT2D eigenvalue weighted by molar-refractivity contribution is 0.0948. The Morgan fingerprint density at radius 1 is 1.17 bits per heavy atom. The van der Waals surface area contributed by atoms with Crippen molar-refractivity contribution < 1.29 is 9.18 Å². The summed E-state index contributed by atoms with van der Waals surface area (Å²) in [6.07, 6.45) is 4.76. The molecule has 0 atom stereocenters. The minimum absolute atomic E-state index is 0.0958. The molecule has 0 aliphatic heterocycles. The van der Waals surface area contributed by atoms with E-state index in [4.69, 9.17) is 0 Å². The maximum absolute atomic E-state index is 13.3. The number of amides is 1. The lowest BCUT2D eigenvalue weighted by atomic mass is 10.2. The third-order valence-corrected chi connectivity index (χ3v) is 2.66. The Hall–Kier alpha value is -2.10. The highest BCUT2D eigenvalue weighted by molar-refractivity contribution is 5.94. The van der Waals surface area contributed by atoms with Crippen molar-refractivity contribution in [2.75, 3.05) is 6.54 Å². The predicted octanol–water partition coefficient (Wildman–Crippen LogP) is 2.45. The van der Waals surface area contributed by atoms with Gasteiger partial charge in [-0.2, -0.15) is 0 Å². The summed E-state index contributed by atoms with van der Waals surface area (Å²) in [5.41, 5.74) is 0.0958. The molecule has 0 saturated heterocycles. The third-order valence-electron chi connectivity index (χ3n) is 2.66. The van der Waals surface area contributed by atoms with Crippen molar-refractivity contribution in [2.45, 2.75) is 13.0 Å². The number of nitrogens with one attached hydrogen (secondary N) is 1. The monoisotopic (exact) mass is 246 g/mol. The molecule has 0 fully saturated rings. The number of rotatable bonds is 5. The quantitative estimate of drug-likeness (QED) is 0.808. The van der Waals surface area contributed by atoms with E-state index in [1.54, 1.807) is 12.1 Å². The number of carbonyl (C=O) groups excluding carboxylic acids is 1. The number of benzene rings is 1. The molecule has 1 heterocycles. The predicted molar refractivity (Wildman–Crippen MR) is 67.8 cm³/mol. The molecule has 3 nitrogen and oxygen atoms in total. The fraction of sp³-hybridized carbons (Fsp3) is 0.214. The van der Waals surface area contributed by atoms with Gasteiger partial charge in [0.2, 0.25) is 0 Å². The smallest absolute Gasteiger partial charge is 0.254 e. The van der Waals surface area contributed by atoms with Gasteiger partial charge in [-0.1, -0.05) is 12.1 Å². The molecule has 1 amide bonds. The van der Waals surface area contributed by atoms with Crippen molar-refractivity contribution in [3.63, 3.8) is 0 Å². The molecule has 0 unspecified atom stereocenters. The summed E-state index contributed by atoms with van der Waals surface area (Å²) in [6.45, 7) is 1.37. The van der Waals surface area contributed by atoms with Gasteiger partial charge >= 0.3 is 0 Å². The van der Waals surface area contributed by atoms with Crippen molar-refractivity contribution >= 4 is 5.91 Å². The van der Waals surface area contributed by atoms with Gasteiger partial charge in [0.15, 0.2) is 0 Å². The van der Waals surface area contributed by atoms with Crippen molar-refractivity contribution in [3.8, 4) is 0 Å². The van der Waals surface area contributed by atoms with Crippen LogP contribution in [0.4, 0.5) is 4.39 Å². The SMILES string of the molecule is O=C(NCCCn1cccc1)c1ccccc1F. The van der Waals surface area contributed by atoms with E-state index in [0.29, 0.717) is 6.54 Å². The zero-order valence-electron chi connectivity index (χ0n) is 9.97. The van der Waals surface area contributed by atoms with Crippen LogP contribution < -0.4 is 5.32 Å². The fourth-order valence-corrected chi connectivity index (χ4v) is 1.72. The molecular weight excluding hydrogens is 231 g/mol. The highest BCUT2D eigenvalue weighted by Gasteiger charge is 2.09. The molecule has 0 radical (unpaired) electrons. The Kier molecular flexibility index (Phi) is 4.12. The Balaban J connectivity index is 1.77. The van der Waals surface area contributed by atoms with E-state index in [0.717, 1.165) is 13.0 Å². The number of carbonyl (C=O) groups is 1. The van der Waals surface area contributed by atoms with Gasteiger partial charge in [0.25, 0.3) is 5.91 Å². The first-order valence-electron chi connectivity index (χ1n) is 5.91. The number of aromatic nitrogens is 1. The van der Waals surface area contributed by atoms with Crippen LogP contribution in [0, 0.1) is 5.82 Å². The summed E-state index contributed by atoms with van der Waals surface area (Å²) in [6, 6.07) is 9.90. The Bertz CT molecular complexity index is 508. The number of aryl methyl sites for hydroxylation is 1. The van der Waals surface area contributed by atoms with Crippen LogP contribution in [0.1, 0.15) is 16.8 Å². The van der Waals surface area contributed by atoms with Crippen molar-refractivity contribution in [2.24, 2.45) is 0 Å². The van der Waals surface area contributed by atoms with E-state index in [1.165, 1.54) is 12.1 Å². The van der Waals surface area contributed by atoms with E-state index in [2.05, 4.69) is 5.32 Å². The van der Waals surface area contributed by atoms with Gasteiger partial charge in [-0.25, -0.2) is 4.39 Å². The van der Waals surface area contributed by atoms with Crippen LogP contribution in [-0.4, -0.2) is 17.0 Å². The molecule has 1 aromatic heterocycles. The van der Waals surface area contributed by atoms with E-state index < -0.39 is 5.82 Å². The molecule has 2 rings (SSSR count). The van der Waals surface area contributed by atoms with Crippen LogP contribution in [0.2, 0.25) is 0 Å². The van der Waals surface area contributed by atoms with Gasteiger partial charge in [-0.15, -0.1) is 0 Å². The van der Waals surface area contributed by atoms with Gasteiger partial charge in [0.05, 0.1) is 5.56 Å². The molecular formula is C14H15FN2O. The molecule has 18 heavy (non-hydrogen) atoms. The van der Waals surface area contributed by atoms with Crippen LogP contribution in [-0.2, 0) is 6.54 Å². The van der Waals surface area contributed by atoms with Gasteiger partial charge < -0.3 is 9.88 Å². The normalized spacial score (nSPS) is 10.3. The summed E-state index contributed by atoms with van der Waals surface area (Å²) in [5.74, 6) is -0.846. The van der Waals surface area contributed by atoms with Gasteiger partial charge in [-0.05, 0) is 30.7 Å². The number of hydrogen-bond acceptors (Lipinski definition) is 1. The van der Waals surface area contributed by atoms with Gasteiger partial charge in [-0.3, -0.25) is 4.79 Å². The highest BCUT2D eigenvalue weighted by Crippen LogP contribution is 2.05. The topological polar surface area (TPSA) is 34.0 Å². The molecule has 0 aliphatic carbocycles. The maximum atomic E-state index is 13.3. The summed E-state index contributed by atoms with van der Waals surface area (Å²) in [4.78, 5) is 11.7. The number of nitrogens with zero attached hydrogens (tertiary/aromatic N) is 1. The molecule has 0 aliphatic rings. The molecule has 94 valence electrons. The zero-order chi connectivity index (χ0) is 12.8. The summed E-state index contributed by atoms with van der Waals surface area (Å²) < 4.78 is 15.3. The molecule has 0 saturated carbocycles. The van der Waals surface area contributed by atoms with Crippen LogP contribution in [0.3, 0.4) is 0 Å². The van der Waals surface area contributed by atoms with Gasteiger partial charge in [0, 0.05) is 25.5 Å².